The monoisotopic (exact) mass is 202 g/mol. The molecule has 5 heteroatoms. The quantitative estimate of drug-likeness (QED) is 0.594. The van der Waals surface area contributed by atoms with Crippen LogP contribution in [0.25, 0.3) is 0 Å². The van der Waals surface area contributed by atoms with Gasteiger partial charge < -0.3 is 5.73 Å². The summed E-state index contributed by atoms with van der Waals surface area (Å²) in [5, 5.41) is 0.421. The van der Waals surface area contributed by atoms with Gasteiger partial charge in [-0.15, -0.1) is 11.8 Å². The summed E-state index contributed by atoms with van der Waals surface area (Å²) in [6.45, 7) is 0. The Bertz CT molecular complexity index is 292. The fourth-order valence-electron chi connectivity index (χ4n) is 0.629. The molecule has 0 radical (unpaired) electrons. The number of aromatic nitrogens is 1. The molecule has 0 aromatic carbocycles. The standard InChI is InChI=1S/C7H7ClN2OS/c8-6-3-5(1-2-10-6)12-4-7(9)11/h1-3H,4H2,(H2,9,11). The highest BCUT2D eigenvalue weighted by Gasteiger charge is 1.98. The summed E-state index contributed by atoms with van der Waals surface area (Å²) in [5.41, 5.74) is 4.97. The molecule has 3 nitrogen and oxygen atoms in total. The molecule has 0 spiro atoms. The average molecular weight is 203 g/mol. The van der Waals surface area contributed by atoms with Gasteiger partial charge in [0.15, 0.2) is 0 Å². The molecule has 0 fully saturated rings. The van der Waals surface area contributed by atoms with E-state index in [-0.39, 0.29) is 11.7 Å². The minimum Gasteiger partial charge on any atom is -0.369 e. The molecule has 2 N–H and O–H groups in total. The lowest BCUT2D eigenvalue weighted by Gasteiger charge is -1.97. The number of rotatable bonds is 3. The minimum atomic E-state index is -0.340. The van der Waals surface area contributed by atoms with E-state index in [0.29, 0.717) is 5.15 Å². The highest BCUT2D eigenvalue weighted by Crippen LogP contribution is 2.19. The van der Waals surface area contributed by atoms with Gasteiger partial charge in [-0.1, -0.05) is 11.6 Å². The first-order valence-corrected chi connectivity index (χ1v) is 4.57. The van der Waals surface area contributed by atoms with E-state index in [4.69, 9.17) is 17.3 Å². The van der Waals surface area contributed by atoms with Crippen LogP contribution in [0.2, 0.25) is 5.15 Å². The first-order chi connectivity index (χ1) is 5.68. The highest BCUT2D eigenvalue weighted by molar-refractivity contribution is 8.00. The fourth-order valence-corrected chi connectivity index (χ4v) is 1.53. The number of nitrogens with two attached hydrogens (primary N) is 1. The fraction of sp³-hybridized carbons (Fsp3) is 0.143. The first-order valence-electron chi connectivity index (χ1n) is 3.21. The number of amides is 1. The lowest BCUT2D eigenvalue weighted by molar-refractivity contribution is -0.115. The van der Waals surface area contributed by atoms with Crippen molar-refractivity contribution in [3.8, 4) is 0 Å². The Morgan fingerprint density at radius 3 is 3.08 bits per heavy atom. The van der Waals surface area contributed by atoms with Gasteiger partial charge in [-0.2, -0.15) is 0 Å². The summed E-state index contributed by atoms with van der Waals surface area (Å²) in [6.07, 6.45) is 1.59. The number of primary amides is 1. The van der Waals surface area contributed by atoms with Crippen LogP contribution in [-0.2, 0) is 4.79 Å². The molecular formula is C7H7ClN2OS. The summed E-state index contributed by atoms with van der Waals surface area (Å²) in [4.78, 5) is 15.1. The average Bonchev–Trinajstić information content (AvgIpc) is 2.01. The number of pyridine rings is 1. The van der Waals surface area contributed by atoms with Crippen molar-refractivity contribution in [1.29, 1.82) is 0 Å². The minimum absolute atomic E-state index is 0.264. The topological polar surface area (TPSA) is 56.0 Å². The highest BCUT2D eigenvalue weighted by atomic mass is 35.5. The van der Waals surface area contributed by atoms with Crippen LogP contribution in [0.15, 0.2) is 23.2 Å². The van der Waals surface area contributed by atoms with Crippen molar-refractivity contribution in [2.75, 3.05) is 5.75 Å². The second kappa shape index (κ2) is 4.33. The Labute approximate surface area is 79.3 Å². The van der Waals surface area contributed by atoms with Crippen LogP contribution >= 0.6 is 23.4 Å². The molecule has 64 valence electrons. The smallest absolute Gasteiger partial charge is 0.227 e. The van der Waals surface area contributed by atoms with Gasteiger partial charge in [-0.3, -0.25) is 4.79 Å². The second-order valence-corrected chi connectivity index (χ2v) is 3.51. The molecule has 1 heterocycles. The van der Waals surface area contributed by atoms with Gasteiger partial charge in [-0.25, -0.2) is 4.98 Å². The van der Waals surface area contributed by atoms with Crippen molar-refractivity contribution in [3.05, 3.63) is 23.5 Å². The third-order valence-electron chi connectivity index (χ3n) is 1.08. The Balaban J connectivity index is 2.57. The van der Waals surface area contributed by atoms with E-state index in [1.165, 1.54) is 11.8 Å². The summed E-state index contributed by atoms with van der Waals surface area (Å²) in [6, 6.07) is 3.47. The Morgan fingerprint density at radius 2 is 2.50 bits per heavy atom. The van der Waals surface area contributed by atoms with Gasteiger partial charge in [0.2, 0.25) is 5.91 Å². The Morgan fingerprint density at radius 1 is 1.75 bits per heavy atom. The number of carbonyl (C=O) groups is 1. The second-order valence-electron chi connectivity index (χ2n) is 2.07. The maximum atomic E-state index is 10.4. The molecule has 1 rings (SSSR count). The molecule has 0 saturated heterocycles. The largest absolute Gasteiger partial charge is 0.369 e. The molecule has 0 atom stereocenters. The molecule has 1 aromatic rings. The van der Waals surface area contributed by atoms with Crippen molar-refractivity contribution in [3.63, 3.8) is 0 Å². The predicted molar refractivity (Wildman–Crippen MR) is 49.2 cm³/mol. The van der Waals surface area contributed by atoms with E-state index in [2.05, 4.69) is 4.98 Å². The number of hydrogen-bond donors (Lipinski definition) is 1. The molecule has 0 aliphatic heterocycles. The summed E-state index contributed by atoms with van der Waals surface area (Å²) >= 11 is 6.96. The molecule has 0 aliphatic carbocycles. The van der Waals surface area contributed by atoms with Crippen molar-refractivity contribution in [2.24, 2.45) is 5.73 Å². The predicted octanol–water partition coefficient (Wildman–Crippen LogP) is 1.31. The van der Waals surface area contributed by atoms with Gasteiger partial charge in [0, 0.05) is 11.1 Å². The molecule has 12 heavy (non-hydrogen) atoms. The molecule has 0 unspecified atom stereocenters. The normalized spacial score (nSPS) is 9.75. The zero-order chi connectivity index (χ0) is 8.97. The van der Waals surface area contributed by atoms with E-state index in [0.717, 1.165) is 4.90 Å². The van der Waals surface area contributed by atoms with Crippen molar-refractivity contribution in [1.82, 2.24) is 4.98 Å². The van der Waals surface area contributed by atoms with Crippen LogP contribution in [-0.4, -0.2) is 16.6 Å². The maximum absolute atomic E-state index is 10.4. The molecule has 1 aromatic heterocycles. The number of nitrogens with zero attached hydrogens (tertiary/aromatic N) is 1. The lowest BCUT2D eigenvalue weighted by atomic mass is 10.5. The third-order valence-corrected chi connectivity index (χ3v) is 2.30. The Kier molecular flexibility index (Phi) is 3.37. The van der Waals surface area contributed by atoms with Crippen LogP contribution in [0.5, 0.6) is 0 Å². The molecule has 0 saturated carbocycles. The van der Waals surface area contributed by atoms with Crippen LogP contribution in [0, 0.1) is 0 Å². The Hall–Kier alpha value is -0.740. The van der Waals surface area contributed by atoms with Crippen LogP contribution in [0.4, 0.5) is 0 Å². The zero-order valence-electron chi connectivity index (χ0n) is 6.16. The first kappa shape index (κ1) is 9.35. The zero-order valence-corrected chi connectivity index (χ0v) is 7.73. The third kappa shape index (κ3) is 3.11. The summed E-state index contributed by atoms with van der Waals surface area (Å²) < 4.78 is 0. The van der Waals surface area contributed by atoms with Crippen molar-refractivity contribution < 1.29 is 4.79 Å². The number of halogens is 1. The van der Waals surface area contributed by atoms with Gasteiger partial charge in [0.05, 0.1) is 5.75 Å². The number of thioether (sulfide) groups is 1. The molecule has 1 amide bonds. The van der Waals surface area contributed by atoms with Crippen LogP contribution in [0.3, 0.4) is 0 Å². The van der Waals surface area contributed by atoms with E-state index < -0.39 is 0 Å². The van der Waals surface area contributed by atoms with Gasteiger partial charge in [-0.05, 0) is 12.1 Å². The lowest BCUT2D eigenvalue weighted by Crippen LogP contribution is -2.12. The maximum Gasteiger partial charge on any atom is 0.227 e. The SMILES string of the molecule is NC(=O)CSc1ccnc(Cl)c1. The van der Waals surface area contributed by atoms with Crippen LogP contribution < -0.4 is 5.73 Å². The number of hydrogen-bond acceptors (Lipinski definition) is 3. The van der Waals surface area contributed by atoms with E-state index in [1.807, 2.05) is 0 Å². The number of carbonyl (C=O) groups excluding carboxylic acids is 1. The van der Waals surface area contributed by atoms with Crippen LogP contribution in [0.1, 0.15) is 0 Å². The van der Waals surface area contributed by atoms with Gasteiger partial charge >= 0.3 is 0 Å². The van der Waals surface area contributed by atoms with Crippen molar-refractivity contribution in [2.45, 2.75) is 4.90 Å². The van der Waals surface area contributed by atoms with Crippen molar-refractivity contribution >= 4 is 29.3 Å². The van der Waals surface area contributed by atoms with E-state index in [1.54, 1.807) is 18.3 Å². The van der Waals surface area contributed by atoms with E-state index >= 15 is 0 Å². The molecule has 0 bridgehead atoms. The van der Waals surface area contributed by atoms with E-state index in [9.17, 15) is 4.79 Å². The van der Waals surface area contributed by atoms with Gasteiger partial charge in [0.25, 0.3) is 0 Å². The molecule has 0 aliphatic rings. The summed E-state index contributed by atoms with van der Waals surface area (Å²) in [5.74, 6) is -0.0756. The summed E-state index contributed by atoms with van der Waals surface area (Å²) in [7, 11) is 0. The van der Waals surface area contributed by atoms with Gasteiger partial charge in [0.1, 0.15) is 5.15 Å². The molecular weight excluding hydrogens is 196 g/mol.